The summed E-state index contributed by atoms with van der Waals surface area (Å²) in [5, 5.41) is -0.0369. The first-order valence-electron chi connectivity index (χ1n) is 8.20. The van der Waals surface area contributed by atoms with E-state index in [0.717, 1.165) is 11.1 Å². The number of aryl methyl sites for hydroxylation is 1. The Labute approximate surface area is 153 Å². The lowest BCUT2D eigenvalue weighted by molar-refractivity contribution is -0.151. The maximum atomic E-state index is 13.3. The second-order valence-corrected chi connectivity index (χ2v) is 7.50. The van der Waals surface area contributed by atoms with Crippen molar-refractivity contribution in [1.29, 1.82) is 0 Å². The van der Waals surface area contributed by atoms with Crippen LogP contribution in [0.1, 0.15) is 24.1 Å². The number of hydrogen-bond acceptors (Lipinski definition) is 6. The number of halogens is 2. The van der Waals surface area contributed by atoms with Crippen LogP contribution in [0.25, 0.3) is 11.3 Å². The molecule has 3 heterocycles. The summed E-state index contributed by atoms with van der Waals surface area (Å²) in [5.41, 5.74) is 1.91. The van der Waals surface area contributed by atoms with Crippen molar-refractivity contribution in [2.45, 2.75) is 42.6 Å². The molecule has 0 aliphatic carbocycles. The molecule has 3 atom stereocenters. The molecular weight excluding hydrogens is 362 g/mol. The Balaban J connectivity index is 1.65. The van der Waals surface area contributed by atoms with Crippen molar-refractivity contribution in [2.24, 2.45) is 0 Å². The number of ketones is 1. The van der Waals surface area contributed by atoms with Gasteiger partial charge in [-0.2, -0.15) is 0 Å². The Kier molecular flexibility index (Phi) is 4.73. The van der Waals surface area contributed by atoms with Crippen LogP contribution >= 0.6 is 11.8 Å². The molecule has 0 unspecified atom stereocenters. The molecule has 1 aromatic heterocycles. The van der Waals surface area contributed by atoms with E-state index in [1.165, 1.54) is 17.8 Å². The van der Waals surface area contributed by atoms with E-state index >= 15 is 0 Å². The van der Waals surface area contributed by atoms with Crippen LogP contribution in [-0.4, -0.2) is 40.0 Å². The molecule has 0 amide bonds. The van der Waals surface area contributed by atoms with Crippen LogP contribution < -0.4 is 0 Å². The first kappa shape index (κ1) is 17.5. The molecule has 0 radical (unpaired) electrons. The summed E-state index contributed by atoms with van der Waals surface area (Å²) in [7, 11) is 0. The summed E-state index contributed by atoms with van der Waals surface area (Å²) in [4.78, 5) is 20.3. The molecule has 0 spiro atoms. The average Bonchev–Trinajstić information content (AvgIpc) is 3.06. The molecule has 4 rings (SSSR count). The van der Waals surface area contributed by atoms with Crippen LogP contribution in [0.4, 0.5) is 8.78 Å². The van der Waals surface area contributed by atoms with E-state index < -0.39 is 12.7 Å². The maximum absolute atomic E-state index is 13.3. The highest BCUT2D eigenvalue weighted by Crippen LogP contribution is 2.36. The number of alkyl halides is 2. The lowest BCUT2D eigenvalue weighted by Gasteiger charge is -2.25. The van der Waals surface area contributed by atoms with Gasteiger partial charge in [0.1, 0.15) is 5.69 Å². The summed E-state index contributed by atoms with van der Waals surface area (Å²) < 4.78 is 37.4. The molecule has 0 saturated carbocycles. The molecule has 2 aliphatic heterocycles. The van der Waals surface area contributed by atoms with Gasteiger partial charge in [-0.3, -0.25) is 4.79 Å². The minimum Gasteiger partial charge on any atom is -0.343 e. The van der Waals surface area contributed by atoms with Gasteiger partial charge in [0.05, 0.1) is 18.4 Å². The number of nitrogens with zero attached hydrogens (tertiary/aromatic N) is 2. The predicted molar refractivity (Wildman–Crippen MR) is 91.0 cm³/mol. The minimum absolute atomic E-state index is 0.139. The number of hydrogen-bond donors (Lipinski definition) is 0. The zero-order valence-corrected chi connectivity index (χ0v) is 14.7. The Bertz CT molecular complexity index is 832. The standard InChI is InChI=1S/C18H16F2N2O3S/c1-9-2-4-10(5-3-9)11-6-12(16(19)20)22-18(21-11)26-15-7-13(23)17-24-8-14(15)25-17/h2-6,14-17H,7-8H2,1H3/t14-,15-,17+/m0/s1. The Morgan fingerprint density at radius 2 is 2.00 bits per heavy atom. The highest BCUT2D eigenvalue weighted by atomic mass is 32.2. The third kappa shape index (κ3) is 3.49. The SMILES string of the molecule is Cc1ccc(-c2cc(C(F)F)nc(S[C@H]3CC(=O)[C@@H]4OC[C@@H]3O4)n2)cc1. The van der Waals surface area contributed by atoms with E-state index in [0.29, 0.717) is 12.3 Å². The van der Waals surface area contributed by atoms with E-state index in [4.69, 9.17) is 9.47 Å². The number of carbonyl (C=O) groups excluding carboxylic acids is 1. The van der Waals surface area contributed by atoms with Gasteiger partial charge in [0.15, 0.2) is 10.9 Å². The van der Waals surface area contributed by atoms with E-state index in [1.807, 2.05) is 31.2 Å². The number of aromatic nitrogens is 2. The van der Waals surface area contributed by atoms with Gasteiger partial charge in [-0.15, -0.1) is 0 Å². The lowest BCUT2D eigenvalue weighted by Crippen LogP contribution is -2.37. The molecule has 136 valence electrons. The lowest BCUT2D eigenvalue weighted by atomic mass is 10.1. The van der Waals surface area contributed by atoms with E-state index in [2.05, 4.69) is 9.97 Å². The number of rotatable bonds is 4. The largest absolute Gasteiger partial charge is 0.343 e. The third-order valence-corrected chi connectivity index (χ3v) is 5.51. The van der Waals surface area contributed by atoms with Crippen molar-refractivity contribution in [3.8, 4) is 11.3 Å². The molecule has 5 nitrogen and oxygen atoms in total. The zero-order valence-electron chi connectivity index (χ0n) is 13.9. The molecule has 26 heavy (non-hydrogen) atoms. The number of ether oxygens (including phenoxy) is 2. The third-order valence-electron chi connectivity index (χ3n) is 4.34. The normalized spacial score (nSPS) is 25.1. The van der Waals surface area contributed by atoms with Crippen molar-refractivity contribution in [3.05, 3.63) is 41.6 Å². The van der Waals surface area contributed by atoms with Gasteiger partial charge in [-0.25, -0.2) is 18.7 Å². The first-order valence-corrected chi connectivity index (χ1v) is 9.08. The van der Waals surface area contributed by atoms with Crippen molar-refractivity contribution in [2.75, 3.05) is 6.61 Å². The second-order valence-electron chi connectivity index (χ2n) is 6.29. The van der Waals surface area contributed by atoms with Crippen molar-refractivity contribution in [1.82, 2.24) is 9.97 Å². The summed E-state index contributed by atoms with van der Waals surface area (Å²) in [6.45, 7) is 2.26. The molecule has 2 bridgehead atoms. The number of fused-ring (bicyclic) bond motifs is 2. The number of carbonyl (C=O) groups is 1. The van der Waals surface area contributed by atoms with Crippen LogP contribution in [0.5, 0.6) is 0 Å². The fraction of sp³-hybridized carbons (Fsp3) is 0.389. The van der Waals surface area contributed by atoms with Gasteiger partial charge in [0, 0.05) is 17.2 Å². The van der Waals surface area contributed by atoms with Crippen LogP contribution in [0, 0.1) is 6.92 Å². The van der Waals surface area contributed by atoms with Crippen molar-refractivity contribution in [3.63, 3.8) is 0 Å². The van der Waals surface area contributed by atoms with Gasteiger partial charge < -0.3 is 9.47 Å². The fourth-order valence-electron chi connectivity index (χ4n) is 2.94. The molecule has 8 heteroatoms. The van der Waals surface area contributed by atoms with E-state index in [9.17, 15) is 13.6 Å². The Morgan fingerprint density at radius 3 is 2.73 bits per heavy atom. The second kappa shape index (κ2) is 7.02. The smallest absolute Gasteiger partial charge is 0.280 e. The Hall–Kier alpha value is -1.90. The van der Waals surface area contributed by atoms with Crippen molar-refractivity contribution < 1.29 is 23.0 Å². The number of thioether (sulfide) groups is 1. The average molecular weight is 378 g/mol. The highest BCUT2D eigenvalue weighted by molar-refractivity contribution is 7.99. The quantitative estimate of drug-likeness (QED) is 0.758. The predicted octanol–water partition coefficient (Wildman–Crippen LogP) is 3.56. The van der Waals surface area contributed by atoms with Crippen LogP contribution in [0.15, 0.2) is 35.5 Å². The highest BCUT2D eigenvalue weighted by Gasteiger charge is 2.44. The zero-order chi connectivity index (χ0) is 18.3. The van der Waals surface area contributed by atoms with E-state index in [1.54, 1.807) is 0 Å². The van der Waals surface area contributed by atoms with Gasteiger partial charge >= 0.3 is 0 Å². The summed E-state index contributed by atoms with van der Waals surface area (Å²) in [6.07, 6.45) is -3.50. The molecule has 2 saturated heterocycles. The van der Waals surface area contributed by atoms with Gasteiger partial charge in [0.2, 0.25) is 6.29 Å². The van der Waals surface area contributed by atoms with Gasteiger partial charge in [-0.05, 0) is 13.0 Å². The fourth-order valence-corrected chi connectivity index (χ4v) is 4.06. The number of benzene rings is 1. The summed E-state index contributed by atoms with van der Waals surface area (Å²) in [5.74, 6) is -0.139. The molecule has 2 fully saturated rings. The topological polar surface area (TPSA) is 61.3 Å². The maximum Gasteiger partial charge on any atom is 0.280 e. The van der Waals surface area contributed by atoms with Crippen LogP contribution in [-0.2, 0) is 14.3 Å². The molecule has 2 aliphatic rings. The number of Topliss-reactive ketones (excluding diaryl/α,β-unsaturated/α-hetero) is 1. The summed E-state index contributed by atoms with van der Waals surface area (Å²) in [6, 6.07) is 8.77. The van der Waals surface area contributed by atoms with Crippen molar-refractivity contribution >= 4 is 17.5 Å². The summed E-state index contributed by atoms with van der Waals surface area (Å²) >= 11 is 1.19. The van der Waals surface area contributed by atoms with E-state index in [-0.39, 0.29) is 34.4 Å². The van der Waals surface area contributed by atoms with Crippen LogP contribution in [0.2, 0.25) is 0 Å². The molecule has 1 aromatic carbocycles. The molecular formula is C18H16F2N2O3S. The van der Waals surface area contributed by atoms with Gasteiger partial charge in [0.25, 0.3) is 6.43 Å². The first-order chi connectivity index (χ1) is 12.5. The monoisotopic (exact) mass is 378 g/mol. The molecule has 0 N–H and O–H groups in total. The molecule has 2 aromatic rings. The van der Waals surface area contributed by atoms with Crippen LogP contribution in [0.3, 0.4) is 0 Å². The minimum atomic E-state index is -2.70. The Morgan fingerprint density at radius 1 is 1.23 bits per heavy atom. The van der Waals surface area contributed by atoms with Gasteiger partial charge in [-0.1, -0.05) is 41.6 Å².